The minimum absolute atomic E-state index is 0.428. The third kappa shape index (κ3) is 3.66. The summed E-state index contributed by atoms with van der Waals surface area (Å²) in [6.07, 6.45) is 1.70. The number of amidine groups is 1. The zero-order chi connectivity index (χ0) is 16.1. The highest BCUT2D eigenvalue weighted by molar-refractivity contribution is 6.30. The molecule has 0 aliphatic carbocycles. The van der Waals surface area contributed by atoms with Crippen LogP contribution in [-0.2, 0) is 6.54 Å². The Hall–Kier alpha value is -2.31. The van der Waals surface area contributed by atoms with Crippen molar-refractivity contribution in [2.24, 2.45) is 16.8 Å². The zero-order valence-electron chi connectivity index (χ0n) is 12.5. The van der Waals surface area contributed by atoms with Crippen LogP contribution < -0.4 is 16.4 Å². The molecule has 116 valence electrons. The Morgan fingerprint density at radius 2 is 2.18 bits per heavy atom. The minimum atomic E-state index is 0.428. The Balaban J connectivity index is 2.38. The largest absolute Gasteiger partial charge is 0.481 e. The van der Waals surface area contributed by atoms with E-state index in [0.29, 0.717) is 23.3 Å². The van der Waals surface area contributed by atoms with Gasteiger partial charge in [0, 0.05) is 16.8 Å². The number of hydrazine groups is 1. The summed E-state index contributed by atoms with van der Waals surface area (Å²) in [6.45, 7) is 2.16. The van der Waals surface area contributed by atoms with Crippen molar-refractivity contribution in [1.82, 2.24) is 9.99 Å². The Morgan fingerprint density at radius 1 is 1.41 bits per heavy atom. The summed E-state index contributed by atoms with van der Waals surface area (Å²) >= 11 is 6.06. The average Bonchev–Trinajstić information content (AvgIpc) is 2.53. The Kier molecular flexibility index (Phi) is 5.19. The van der Waals surface area contributed by atoms with E-state index in [-0.39, 0.29) is 0 Å². The van der Waals surface area contributed by atoms with Crippen LogP contribution >= 0.6 is 11.6 Å². The number of hydrazone groups is 1. The number of hydrogen-bond acceptors (Lipinski definition) is 5. The van der Waals surface area contributed by atoms with Crippen LogP contribution in [0.1, 0.15) is 12.5 Å². The molecule has 0 aliphatic heterocycles. The SMILES string of the molecule is COc1ncc(CN(N)/C(C)=N\N)cc1-c1cccc(Cl)c1. The molecule has 0 atom stereocenters. The highest BCUT2D eigenvalue weighted by Gasteiger charge is 2.11. The van der Waals surface area contributed by atoms with Gasteiger partial charge in [0.15, 0.2) is 0 Å². The molecule has 2 aromatic rings. The predicted octanol–water partition coefficient (Wildman–Crippen LogP) is 2.38. The van der Waals surface area contributed by atoms with Crippen molar-refractivity contribution in [2.75, 3.05) is 7.11 Å². The molecule has 0 amide bonds. The van der Waals surface area contributed by atoms with Gasteiger partial charge in [-0.1, -0.05) is 23.7 Å². The standard InChI is InChI=1S/C15H18ClN5O/c1-10(20-17)21(18)9-11-6-14(15(22-2)19-8-11)12-4-3-5-13(16)7-12/h3-8H,9,17-18H2,1-2H3/b20-10-. The second-order valence-corrected chi connectivity index (χ2v) is 5.15. The summed E-state index contributed by atoms with van der Waals surface area (Å²) in [5, 5.41) is 5.66. The lowest BCUT2D eigenvalue weighted by Gasteiger charge is -2.18. The van der Waals surface area contributed by atoms with E-state index in [1.165, 1.54) is 5.01 Å². The highest BCUT2D eigenvalue weighted by atomic mass is 35.5. The molecule has 22 heavy (non-hydrogen) atoms. The maximum Gasteiger partial charge on any atom is 0.221 e. The van der Waals surface area contributed by atoms with Crippen LogP contribution in [0.2, 0.25) is 5.02 Å². The molecule has 0 bridgehead atoms. The van der Waals surface area contributed by atoms with Gasteiger partial charge in [-0.3, -0.25) is 5.01 Å². The number of methoxy groups -OCH3 is 1. The molecule has 0 saturated carbocycles. The maximum absolute atomic E-state index is 6.06. The molecule has 0 spiro atoms. The summed E-state index contributed by atoms with van der Waals surface area (Å²) in [4.78, 5) is 4.32. The first kappa shape index (κ1) is 16.1. The van der Waals surface area contributed by atoms with Gasteiger partial charge < -0.3 is 10.6 Å². The number of benzene rings is 1. The number of aromatic nitrogens is 1. The average molecular weight is 320 g/mol. The summed E-state index contributed by atoms with van der Waals surface area (Å²) in [5.41, 5.74) is 2.67. The van der Waals surface area contributed by atoms with E-state index in [1.54, 1.807) is 20.2 Å². The normalized spacial score (nSPS) is 11.4. The number of hydrogen-bond donors (Lipinski definition) is 2. The number of nitrogens with two attached hydrogens (primary N) is 2. The van der Waals surface area contributed by atoms with E-state index in [1.807, 2.05) is 30.3 Å². The fraction of sp³-hybridized carbons (Fsp3) is 0.200. The molecule has 1 aromatic heterocycles. The first-order valence-corrected chi connectivity index (χ1v) is 6.98. The second kappa shape index (κ2) is 7.11. The summed E-state index contributed by atoms with van der Waals surface area (Å²) in [6, 6.07) is 9.46. The van der Waals surface area contributed by atoms with Crippen LogP contribution in [0.3, 0.4) is 0 Å². The van der Waals surface area contributed by atoms with Gasteiger partial charge in [-0.2, -0.15) is 5.10 Å². The predicted molar refractivity (Wildman–Crippen MR) is 88.3 cm³/mol. The van der Waals surface area contributed by atoms with Gasteiger partial charge in [0.2, 0.25) is 5.88 Å². The van der Waals surface area contributed by atoms with Gasteiger partial charge in [-0.05, 0) is 36.2 Å². The molecule has 6 nitrogen and oxygen atoms in total. The number of pyridine rings is 1. The van der Waals surface area contributed by atoms with Gasteiger partial charge >= 0.3 is 0 Å². The van der Waals surface area contributed by atoms with Gasteiger partial charge in [0.25, 0.3) is 0 Å². The topological polar surface area (TPSA) is 89.8 Å². The van der Waals surface area contributed by atoms with Crippen molar-refractivity contribution < 1.29 is 4.74 Å². The Morgan fingerprint density at radius 3 is 2.82 bits per heavy atom. The molecular formula is C15H18ClN5O. The molecule has 0 aliphatic rings. The quantitative estimate of drug-likeness (QED) is 0.391. The molecule has 1 aromatic carbocycles. The fourth-order valence-corrected chi connectivity index (χ4v) is 2.18. The lowest BCUT2D eigenvalue weighted by molar-refractivity contribution is 0.397. The van der Waals surface area contributed by atoms with Crippen molar-refractivity contribution in [3.8, 4) is 17.0 Å². The first-order valence-electron chi connectivity index (χ1n) is 6.60. The van der Waals surface area contributed by atoms with E-state index in [4.69, 9.17) is 28.0 Å². The van der Waals surface area contributed by atoms with Crippen LogP contribution in [0.5, 0.6) is 5.88 Å². The molecule has 1 heterocycles. The summed E-state index contributed by atoms with van der Waals surface area (Å²) < 4.78 is 5.33. The highest BCUT2D eigenvalue weighted by Crippen LogP contribution is 2.30. The molecule has 0 saturated heterocycles. The lowest BCUT2D eigenvalue weighted by atomic mass is 10.1. The van der Waals surface area contributed by atoms with E-state index >= 15 is 0 Å². The van der Waals surface area contributed by atoms with Crippen LogP contribution in [0.15, 0.2) is 41.6 Å². The molecule has 0 fully saturated rings. The number of halogens is 1. The van der Waals surface area contributed by atoms with Crippen LogP contribution in [0.25, 0.3) is 11.1 Å². The molecular weight excluding hydrogens is 302 g/mol. The monoisotopic (exact) mass is 319 g/mol. The van der Waals surface area contributed by atoms with Crippen molar-refractivity contribution in [3.63, 3.8) is 0 Å². The van der Waals surface area contributed by atoms with Crippen molar-refractivity contribution in [2.45, 2.75) is 13.5 Å². The van der Waals surface area contributed by atoms with Gasteiger partial charge in [-0.15, -0.1) is 0 Å². The van der Waals surface area contributed by atoms with Crippen LogP contribution in [0.4, 0.5) is 0 Å². The molecule has 7 heteroatoms. The number of ether oxygens (including phenoxy) is 1. The van der Waals surface area contributed by atoms with E-state index in [0.717, 1.165) is 16.7 Å². The minimum Gasteiger partial charge on any atom is -0.481 e. The molecule has 4 N–H and O–H groups in total. The van der Waals surface area contributed by atoms with Crippen LogP contribution in [0, 0.1) is 0 Å². The van der Waals surface area contributed by atoms with E-state index < -0.39 is 0 Å². The van der Waals surface area contributed by atoms with Crippen molar-refractivity contribution in [3.05, 3.63) is 47.1 Å². The molecule has 0 radical (unpaired) electrons. The lowest BCUT2D eigenvalue weighted by Crippen LogP contribution is -2.35. The Labute approximate surface area is 134 Å². The fourth-order valence-electron chi connectivity index (χ4n) is 1.99. The summed E-state index contributed by atoms with van der Waals surface area (Å²) in [7, 11) is 1.58. The van der Waals surface area contributed by atoms with Crippen molar-refractivity contribution in [1.29, 1.82) is 0 Å². The van der Waals surface area contributed by atoms with Gasteiger partial charge in [0.1, 0.15) is 5.84 Å². The van der Waals surface area contributed by atoms with Crippen molar-refractivity contribution >= 4 is 17.4 Å². The summed E-state index contributed by atoms with van der Waals surface area (Å²) in [5.74, 6) is 12.2. The second-order valence-electron chi connectivity index (χ2n) is 4.71. The Bertz CT molecular complexity index is 689. The van der Waals surface area contributed by atoms with Gasteiger partial charge in [-0.25, -0.2) is 10.8 Å². The molecule has 2 rings (SSSR count). The van der Waals surface area contributed by atoms with Gasteiger partial charge in [0.05, 0.1) is 13.7 Å². The maximum atomic E-state index is 6.06. The molecule has 0 unspecified atom stereocenters. The number of nitrogens with zero attached hydrogens (tertiary/aromatic N) is 3. The third-order valence-electron chi connectivity index (χ3n) is 3.19. The zero-order valence-corrected chi connectivity index (χ0v) is 13.2. The number of rotatable bonds is 4. The van der Waals surface area contributed by atoms with E-state index in [9.17, 15) is 0 Å². The van der Waals surface area contributed by atoms with E-state index in [2.05, 4.69) is 10.1 Å². The smallest absolute Gasteiger partial charge is 0.221 e. The first-order chi connectivity index (χ1) is 10.5. The third-order valence-corrected chi connectivity index (χ3v) is 3.43. The van der Waals surface area contributed by atoms with Crippen LogP contribution in [-0.4, -0.2) is 22.9 Å².